The van der Waals surface area contributed by atoms with Crippen LogP contribution in [-0.2, 0) is 4.79 Å². The third kappa shape index (κ3) is 3.11. The zero-order valence-electron chi connectivity index (χ0n) is 9.76. The van der Waals surface area contributed by atoms with Crippen molar-refractivity contribution in [1.82, 2.24) is 0 Å². The smallest absolute Gasteiger partial charge is 0.259 e. The minimum Gasteiger partial charge on any atom is -0.365 e. The number of hydrogen-bond acceptors (Lipinski definition) is 3. The van der Waals surface area contributed by atoms with Gasteiger partial charge in [-0.3, -0.25) is 4.79 Å². The second kappa shape index (κ2) is 5.83. The predicted octanol–water partition coefficient (Wildman–Crippen LogP) is 3.57. The van der Waals surface area contributed by atoms with Gasteiger partial charge in [0.1, 0.15) is 11.6 Å². The third-order valence-electron chi connectivity index (χ3n) is 2.44. The SMILES string of the molecule is N#C/C(=C/c1ccc(-c2ccccc2Br)s1)C(N)=O. The second-order valence-electron chi connectivity index (χ2n) is 3.72. The lowest BCUT2D eigenvalue weighted by Crippen LogP contribution is -2.12. The molecular weight excluding hydrogens is 324 g/mol. The number of nitrogens with zero attached hydrogens (tertiary/aromatic N) is 1. The molecule has 0 unspecified atom stereocenters. The summed E-state index contributed by atoms with van der Waals surface area (Å²) in [4.78, 5) is 12.9. The Morgan fingerprint density at radius 2 is 2.05 bits per heavy atom. The van der Waals surface area contributed by atoms with Crippen LogP contribution in [0.1, 0.15) is 4.88 Å². The summed E-state index contributed by atoms with van der Waals surface area (Å²) in [7, 11) is 0. The van der Waals surface area contributed by atoms with Crippen molar-refractivity contribution in [3.63, 3.8) is 0 Å². The van der Waals surface area contributed by atoms with Gasteiger partial charge in [0, 0.05) is 19.8 Å². The van der Waals surface area contributed by atoms with E-state index in [1.807, 2.05) is 36.4 Å². The fourth-order valence-electron chi connectivity index (χ4n) is 1.54. The van der Waals surface area contributed by atoms with Crippen molar-refractivity contribution in [3.05, 3.63) is 51.3 Å². The lowest BCUT2D eigenvalue weighted by molar-refractivity contribution is -0.114. The summed E-state index contributed by atoms with van der Waals surface area (Å²) in [6, 6.07) is 13.5. The Balaban J connectivity index is 2.38. The fourth-order valence-corrected chi connectivity index (χ4v) is 3.16. The Labute approximate surface area is 123 Å². The Hall–Kier alpha value is -1.90. The molecule has 0 fully saturated rings. The van der Waals surface area contributed by atoms with Crippen molar-refractivity contribution in [1.29, 1.82) is 5.26 Å². The van der Waals surface area contributed by atoms with Gasteiger partial charge in [0.2, 0.25) is 0 Å². The molecule has 3 nitrogen and oxygen atoms in total. The molecule has 0 aliphatic carbocycles. The molecule has 94 valence electrons. The highest BCUT2D eigenvalue weighted by Crippen LogP contribution is 2.34. The van der Waals surface area contributed by atoms with Crippen LogP contribution < -0.4 is 5.73 Å². The maximum Gasteiger partial charge on any atom is 0.259 e. The van der Waals surface area contributed by atoms with Gasteiger partial charge in [-0.1, -0.05) is 34.1 Å². The number of halogens is 1. The molecule has 0 saturated heterocycles. The average molecular weight is 333 g/mol. The van der Waals surface area contributed by atoms with E-state index in [0.29, 0.717) is 0 Å². The molecule has 0 bridgehead atoms. The van der Waals surface area contributed by atoms with Crippen LogP contribution in [0.4, 0.5) is 0 Å². The van der Waals surface area contributed by atoms with Crippen molar-refractivity contribution in [2.45, 2.75) is 0 Å². The molecular formula is C14H9BrN2OS. The molecule has 0 aliphatic rings. The molecule has 0 atom stereocenters. The van der Waals surface area contributed by atoms with Gasteiger partial charge in [0.25, 0.3) is 5.91 Å². The molecule has 1 aromatic carbocycles. The highest BCUT2D eigenvalue weighted by molar-refractivity contribution is 9.10. The lowest BCUT2D eigenvalue weighted by atomic mass is 10.2. The largest absolute Gasteiger partial charge is 0.365 e. The minimum absolute atomic E-state index is 0.0412. The molecule has 2 N–H and O–H groups in total. The zero-order valence-corrected chi connectivity index (χ0v) is 12.2. The van der Waals surface area contributed by atoms with Gasteiger partial charge < -0.3 is 5.73 Å². The number of primary amides is 1. The number of hydrogen-bond donors (Lipinski definition) is 1. The predicted molar refractivity (Wildman–Crippen MR) is 80.2 cm³/mol. The summed E-state index contributed by atoms with van der Waals surface area (Å²) in [5, 5.41) is 8.80. The Bertz CT molecular complexity index is 697. The molecule has 19 heavy (non-hydrogen) atoms. The summed E-state index contributed by atoms with van der Waals surface area (Å²) in [6.07, 6.45) is 1.51. The molecule has 0 aliphatic heterocycles. The van der Waals surface area contributed by atoms with E-state index in [4.69, 9.17) is 11.0 Å². The number of rotatable bonds is 3. The summed E-state index contributed by atoms with van der Waals surface area (Å²) < 4.78 is 1.00. The van der Waals surface area contributed by atoms with E-state index in [9.17, 15) is 4.79 Å². The molecule has 1 heterocycles. The number of amides is 1. The maximum atomic E-state index is 11.0. The number of benzene rings is 1. The van der Waals surface area contributed by atoms with Crippen LogP contribution in [0.5, 0.6) is 0 Å². The van der Waals surface area contributed by atoms with Crippen LogP contribution >= 0.6 is 27.3 Å². The van der Waals surface area contributed by atoms with E-state index in [-0.39, 0.29) is 5.57 Å². The minimum atomic E-state index is -0.710. The normalized spacial score (nSPS) is 11.1. The van der Waals surface area contributed by atoms with Gasteiger partial charge in [-0.15, -0.1) is 11.3 Å². The van der Waals surface area contributed by atoms with Crippen molar-refractivity contribution in [2.75, 3.05) is 0 Å². The van der Waals surface area contributed by atoms with E-state index in [1.165, 1.54) is 17.4 Å². The van der Waals surface area contributed by atoms with Crippen LogP contribution in [0.3, 0.4) is 0 Å². The quantitative estimate of drug-likeness (QED) is 0.689. The number of carbonyl (C=O) groups is 1. The molecule has 2 aromatic rings. The lowest BCUT2D eigenvalue weighted by Gasteiger charge is -1.99. The van der Waals surface area contributed by atoms with Crippen LogP contribution in [0.2, 0.25) is 0 Å². The number of nitriles is 1. The Morgan fingerprint density at radius 1 is 1.32 bits per heavy atom. The Kier molecular flexibility index (Phi) is 4.15. The number of nitrogens with two attached hydrogens (primary N) is 1. The molecule has 5 heteroatoms. The van der Waals surface area contributed by atoms with E-state index < -0.39 is 5.91 Å². The molecule has 0 spiro atoms. The van der Waals surface area contributed by atoms with Crippen molar-refractivity contribution in [3.8, 4) is 16.5 Å². The highest BCUT2D eigenvalue weighted by atomic mass is 79.9. The average Bonchev–Trinajstić information content (AvgIpc) is 2.84. The van der Waals surface area contributed by atoms with Crippen LogP contribution in [0, 0.1) is 11.3 Å². The second-order valence-corrected chi connectivity index (χ2v) is 5.69. The molecule has 0 radical (unpaired) electrons. The van der Waals surface area contributed by atoms with E-state index in [0.717, 1.165) is 19.8 Å². The van der Waals surface area contributed by atoms with Crippen molar-refractivity contribution < 1.29 is 4.79 Å². The van der Waals surface area contributed by atoms with E-state index in [1.54, 1.807) is 6.07 Å². The monoisotopic (exact) mass is 332 g/mol. The summed E-state index contributed by atoms with van der Waals surface area (Å²) in [5.74, 6) is -0.710. The van der Waals surface area contributed by atoms with Gasteiger partial charge in [-0.05, 0) is 24.3 Å². The zero-order chi connectivity index (χ0) is 13.8. The summed E-state index contributed by atoms with van der Waals surface area (Å²) in [6.45, 7) is 0. The standard InChI is InChI=1S/C14H9BrN2OS/c15-12-4-2-1-3-11(12)13-6-5-10(19-13)7-9(8-16)14(17)18/h1-7H,(H2,17,18)/b9-7-. The summed E-state index contributed by atoms with van der Waals surface area (Å²) >= 11 is 4.99. The fraction of sp³-hybridized carbons (Fsp3) is 0. The van der Waals surface area contributed by atoms with Crippen LogP contribution in [0.25, 0.3) is 16.5 Å². The van der Waals surface area contributed by atoms with Gasteiger partial charge in [-0.25, -0.2) is 0 Å². The molecule has 1 amide bonds. The van der Waals surface area contributed by atoms with Gasteiger partial charge >= 0.3 is 0 Å². The van der Waals surface area contributed by atoms with Crippen molar-refractivity contribution in [2.24, 2.45) is 5.73 Å². The maximum absolute atomic E-state index is 11.0. The first-order chi connectivity index (χ1) is 9.11. The molecule has 0 saturated carbocycles. The topological polar surface area (TPSA) is 66.9 Å². The first-order valence-electron chi connectivity index (χ1n) is 5.38. The van der Waals surface area contributed by atoms with Gasteiger partial charge in [0.15, 0.2) is 0 Å². The number of thiophene rings is 1. The van der Waals surface area contributed by atoms with Gasteiger partial charge in [0.05, 0.1) is 0 Å². The first kappa shape index (κ1) is 13.5. The van der Waals surface area contributed by atoms with E-state index >= 15 is 0 Å². The van der Waals surface area contributed by atoms with Gasteiger partial charge in [-0.2, -0.15) is 5.26 Å². The number of carbonyl (C=O) groups excluding carboxylic acids is 1. The first-order valence-corrected chi connectivity index (χ1v) is 6.99. The summed E-state index contributed by atoms with van der Waals surface area (Å²) in [5.41, 5.74) is 6.14. The van der Waals surface area contributed by atoms with Crippen molar-refractivity contribution >= 4 is 39.2 Å². The van der Waals surface area contributed by atoms with Crippen LogP contribution in [0.15, 0.2) is 46.4 Å². The molecule has 1 aromatic heterocycles. The highest BCUT2D eigenvalue weighted by Gasteiger charge is 2.07. The van der Waals surface area contributed by atoms with Crippen LogP contribution in [-0.4, -0.2) is 5.91 Å². The Morgan fingerprint density at radius 3 is 2.68 bits per heavy atom. The molecule has 2 rings (SSSR count). The van der Waals surface area contributed by atoms with E-state index in [2.05, 4.69) is 15.9 Å². The third-order valence-corrected chi connectivity index (χ3v) is 4.20.